The lowest BCUT2D eigenvalue weighted by atomic mass is 9.86. The zero-order chi connectivity index (χ0) is 18.7. The largest absolute Gasteiger partial charge is 0.439 e. The minimum absolute atomic E-state index is 0.924. The van der Waals surface area contributed by atoms with E-state index in [9.17, 15) is 0 Å². The molecule has 0 bridgehead atoms. The van der Waals surface area contributed by atoms with Gasteiger partial charge in [-0.1, -0.05) is 42.5 Å². The molecule has 0 saturated heterocycles. The van der Waals surface area contributed by atoms with Crippen LogP contribution in [0.15, 0.2) is 65.1 Å². The number of hydrogen-bond donors (Lipinski definition) is 0. The van der Waals surface area contributed by atoms with Gasteiger partial charge >= 0.3 is 0 Å². The zero-order valence-electron chi connectivity index (χ0n) is 16.2. The molecule has 138 valence electrons. The first-order valence-corrected chi connectivity index (χ1v) is 10.3. The Hall–Kier alpha value is -3.00. The van der Waals surface area contributed by atoms with Crippen LogP contribution in [0.25, 0.3) is 11.0 Å². The van der Waals surface area contributed by atoms with Crippen molar-refractivity contribution in [2.75, 3.05) is 4.90 Å². The lowest BCUT2D eigenvalue weighted by molar-refractivity contribution is 0.612. The number of rotatable bonds is 1. The molecule has 3 aromatic carbocycles. The maximum atomic E-state index is 6.46. The first-order valence-electron chi connectivity index (χ1n) is 10.3. The van der Waals surface area contributed by atoms with Crippen LogP contribution in [0, 0.1) is 6.92 Å². The number of fused-ring (bicyclic) bond motifs is 5. The van der Waals surface area contributed by atoms with Crippen molar-refractivity contribution in [3.63, 3.8) is 0 Å². The monoisotopic (exact) mass is 365 g/mol. The third kappa shape index (κ3) is 2.21. The average Bonchev–Trinajstić information content (AvgIpc) is 3.11. The van der Waals surface area contributed by atoms with Gasteiger partial charge in [-0.2, -0.15) is 0 Å². The van der Waals surface area contributed by atoms with Crippen LogP contribution in [0.2, 0.25) is 0 Å². The molecule has 2 heteroatoms. The second kappa shape index (κ2) is 6.00. The lowest BCUT2D eigenvalue weighted by Gasteiger charge is -2.33. The van der Waals surface area contributed by atoms with Gasteiger partial charge in [0.1, 0.15) is 5.58 Å². The van der Waals surface area contributed by atoms with Crippen LogP contribution in [0.4, 0.5) is 17.3 Å². The first kappa shape index (κ1) is 16.0. The molecule has 28 heavy (non-hydrogen) atoms. The molecular weight excluding hydrogens is 342 g/mol. The van der Waals surface area contributed by atoms with Gasteiger partial charge in [-0.25, -0.2) is 0 Å². The summed E-state index contributed by atoms with van der Waals surface area (Å²) in [6, 6.07) is 21.8. The molecule has 0 N–H and O–H groups in total. The molecule has 0 unspecified atom stereocenters. The van der Waals surface area contributed by atoms with E-state index in [0.29, 0.717) is 0 Å². The van der Waals surface area contributed by atoms with E-state index < -0.39 is 0 Å². The van der Waals surface area contributed by atoms with Crippen molar-refractivity contribution in [2.24, 2.45) is 0 Å². The molecule has 0 saturated carbocycles. The van der Waals surface area contributed by atoms with Gasteiger partial charge in [-0.15, -0.1) is 0 Å². The van der Waals surface area contributed by atoms with E-state index in [1.807, 2.05) is 0 Å². The smallest absolute Gasteiger partial charge is 0.209 e. The van der Waals surface area contributed by atoms with Crippen LogP contribution >= 0.6 is 0 Å². The van der Waals surface area contributed by atoms with E-state index >= 15 is 0 Å². The molecule has 2 aliphatic rings. The fraction of sp³-hybridized carbons (Fsp3) is 0.231. The van der Waals surface area contributed by atoms with E-state index in [4.69, 9.17) is 4.42 Å². The second-order valence-corrected chi connectivity index (χ2v) is 8.09. The number of benzene rings is 3. The third-order valence-electron chi connectivity index (χ3n) is 6.46. The van der Waals surface area contributed by atoms with Gasteiger partial charge < -0.3 is 4.42 Å². The molecule has 2 heterocycles. The summed E-state index contributed by atoms with van der Waals surface area (Å²) in [5, 5.41) is 1.23. The zero-order valence-corrected chi connectivity index (χ0v) is 16.2. The summed E-state index contributed by atoms with van der Waals surface area (Å²) < 4.78 is 6.46. The number of aryl methyl sites for hydroxylation is 1. The minimum atomic E-state index is 0.924. The number of hydrogen-bond acceptors (Lipinski definition) is 2. The highest BCUT2D eigenvalue weighted by Crippen LogP contribution is 2.49. The van der Waals surface area contributed by atoms with Crippen molar-refractivity contribution in [2.45, 2.75) is 39.0 Å². The molecular formula is C26H23NO. The maximum absolute atomic E-state index is 6.46. The Morgan fingerprint density at radius 2 is 1.54 bits per heavy atom. The highest BCUT2D eigenvalue weighted by atomic mass is 16.4. The first-order chi connectivity index (χ1) is 13.8. The quantitative estimate of drug-likeness (QED) is 0.318. The number of para-hydroxylation sites is 2. The van der Waals surface area contributed by atoms with Gasteiger partial charge in [0.25, 0.3) is 0 Å². The average molecular weight is 365 g/mol. The summed E-state index contributed by atoms with van der Waals surface area (Å²) in [5.41, 5.74) is 10.7. The van der Waals surface area contributed by atoms with E-state index in [0.717, 1.165) is 24.3 Å². The van der Waals surface area contributed by atoms with Gasteiger partial charge in [0.05, 0.1) is 11.4 Å². The topological polar surface area (TPSA) is 16.4 Å². The number of nitrogens with zero attached hydrogens (tertiary/aromatic N) is 1. The second-order valence-electron chi connectivity index (χ2n) is 8.09. The third-order valence-corrected chi connectivity index (χ3v) is 6.46. The van der Waals surface area contributed by atoms with Crippen LogP contribution in [0.5, 0.6) is 0 Å². The Morgan fingerprint density at radius 3 is 2.46 bits per heavy atom. The summed E-state index contributed by atoms with van der Waals surface area (Å²) in [7, 11) is 0. The van der Waals surface area contributed by atoms with Crippen molar-refractivity contribution >= 4 is 28.2 Å². The Bertz CT molecular complexity index is 1220. The van der Waals surface area contributed by atoms with E-state index in [1.54, 1.807) is 5.56 Å². The summed E-state index contributed by atoms with van der Waals surface area (Å²) in [6.45, 7) is 2.25. The van der Waals surface area contributed by atoms with Crippen molar-refractivity contribution < 1.29 is 4.42 Å². The number of anilines is 3. The van der Waals surface area contributed by atoms with Crippen molar-refractivity contribution in [3.8, 4) is 0 Å². The molecule has 0 radical (unpaired) electrons. The molecule has 1 aliphatic heterocycles. The highest BCUT2D eigenvalue weighted by molar-refractivity contribution is 5.93. The normalized spacial score (nSPS) is 15.2. The Labute approximate surface area is 165 Å². The van der Waals surface area contributed by atoms with Gasteiger partial charge in [-0.05, 0) is 73.1 Å². The van der Waals surface area contributed by atoms with E-state index in [1.165, 1.54) is 58.3 Å². The summed E-state index contributed by atoms with van der Waals surface area (Å²) in [6.07, 6.45) is 5.83. The number of furan rings is 1. The minimum Gasteiger partial charge on any atom is -0.439 e. The van der Waals surface area contributed by atoms with Crippen LogP contribution in [-0.2, 0) is 19.3 Å². The van der Waals surface area contributed by atoms with Gasteiger partial charge in [0.2, 0.25) is 5.88 Å². The lowest BCUT2D eigenvalue weighted by Crippen LogP contribution is -2.20. The van der Waals surface area contributed by atoms with Gasteiger partial charge in [0, 0.05) is 17.4 Å². The molecule has 4 aromatic rings. The fourth-order valence-corrected chi connectivity index (χ4v) is 5.09. The van der Waals surface area contributed by atoms with Crippen LogP contribution < -0.4 is 4.90 Å². The van der Waals surface area contributed by atoms with Crippen LogP contribution in [0.3, 0.4) is 0 Å². The molecule has 1 aliphatic carbocycles. The highest BCUT2D eigenvalue weighted by Gasteiger charge is 2.31. The fourth-order valence-electron chi connectivity index (χ4n) is 5.09. The summed E-state index contributed by atoms with van der Waals surface area (Å²) >= 11 is 0. The molecule has 0 fully saturated rings. The van der Waals surface area contributed by atoms with Crippen molar-refractivity contribution in [3.05, 3.63) is 88.5 Å². The Morgan fingerprint density at radius 1 is 0.750 bits per heavy atom. The SMILES string of the molecule is Cc1ccc(N2c3ccccc3Cc3c2oc2ccccc32)c2c1CCCC2. The molecule has 0 amide bonds. The maximum Gasteiger partial charge on any atom is 0.209 e. The predicted molar refractivity (Wildman–Crippen MR) is 115 cm³/mol. The Balaban J connectivity index is 1.66. The summed E-state index contributed by atoms with van der Waals surface area (Å²) in [5.74, 6) is 0.997. The summed E-state index contributed by atoms with van der Waals surface area (Å²) in [4.78, 5) is 2.39. The van der Waals surface area contributed by atoms with Gasteiger partial charge in [0.15, 0.2) is 0 Å². The van der Waals surface area contributed by atoms with Crippen LogP contribution in [-0.4, -0.2) is 0 Å². The molecule has 0 atom stereocenters. The Kier molecular flexibility index (Phi) is 3.43. The molecule has 0 spiro atoms. The van der Waals surface area contributed by atoms with E-state index in [2.05, 4.69) is 72.5 Å². The van der Waals surface area contributed by atoms with E-state index in [-0.39, 0.29) is 0 Å². The molecule has 1 aromatic heterocycles. The van der Waals surface area contributed by atoms with Crippen LogP contribution in [0.1, 0.15) is 40.7 Å². The predicted octanol–water partition coefficient (Wildman–Crippen LogP) is 6.99. The molecule has 6 rings (SSSR count). The van der Waals surface area contributed by atoms with Crippen molar-refractivity contribution in [1.29, 1.82) is 0 Å². The standard InChI is InChI=1S/C26H23NO/c1-17-14-15-24(20-10-4-3-9-19(17)20)27-23-12-6-2-8-18(23)16-22-21-11-5-7-13-25(21)28-26(22)27/h2,5-8,11-15H,3-4,9-10,16H2,1H3. The van der Waals surface area contributed by atoms with Gasteiger partial charge in [-0.3, -0.25) is 4.90 Å². The molecule has 2 nitrogen and oxygen atoms in total. The van der Waals surface area contributed by atoms with Crippen molar-refractivity contribution in [1.82, 2.24) is 0 Å².